The van der Waals surface area contributed by atoms with E-state index in [0.29, 0.717) is 30.8 Å². The van der Waals surface area contributed by atoms with E-state index >= 15 is 0 Å². The van der Waals surface area contributed by atoms with E-state index in [4.69, 9.17) is 9.47 Å². The fourth-order valence-corrected chi connectivity index (χ4v) is 4.82. The summed E-state index contributed by atoms with van der Waals surface area (Å²) in [5.74, 6) is -0.693. The van der Waals surface area contributed by atoms with Gasteiger partial charge in [-0.3, -0.25) is 0 Å². The van der Waals surface area contributed by atoms with Crippen molar-refractivity contribution in [1.29, 1.82) is 0 Å². The van der Waals surface area contributed by atoms with E-state index in [9.17, 15) is 13.5 Å². The second kappa shape index (κ2) is 6.89. The van der Waals surface area contributed by atoms with Crippen molar-refractivity contribution in [3.05, 3.63) is 30.3 Å². The first-order valence-electron chi connectivity index (χ1n) is 8.27. The molecular weight excluding hydrogens is 316 g/mol. The molecule has 2 aliphatic rings. The molecule has 0 bridgehead atoms. The lowest BCUT2D eigenvalue weighted by Gasteiger charge is -2.45. The minimum atomic E-state index is -3.32. The Balaban J connectivity index is 1.63. The summed E-state index contributed by atoms with van der Waals surface area (Å²) in [4.78, 5) is 0.333. The molecule has 1 aromatic carbocycles. The van der Waals surface area contributed by atoms with Gasteiger partial charge in [-0.1, -0.05) is 18.2 Å². The van der Waals surface area contributed by atoms with Gasteiger partial charge in [-0.05, 0) is 37.8 Å². The van der Waals surface area contributed by atoms with Crippen LogP contribution in [0.25, 0.3) is 0 Å². The topological polar surface area (TPSA) is 72.8 Å². The van der Waals surface area contributed by atoms with Gasteiger partial charge in [0.2, 0.25) is 0 Å². The lowest BCUT2D eigenvalue weighted by molar-refractivity contribution is -0.309. The Morgan fingerprint density at radius 2 is 2.00 bits per heavy atom. The number of benzene rings is 1. The van der Waals surface area contributed by atoms with Crippen molar-refractivity contribution in [2.24, 2.45) is 0 Å². The molecule has 6 heteroatoms. The van der Waals surface area contributed by atoms with Crippen LogP contribution in [0.2, 0.25) is 0 Å². The highest BCUT2D eigenvalue weighted by atomic mass is 32.2. The zero-order valence-electron chi connectivity index (χ0n) is 13.2. The van der Waals surface area contributed by atoms with Crippen molar-refractivity contribution >= 4 is 9.84 Å². The van der Waals surface area contributed by atoms with Crippen molar-refractivity contribution in [3.8, 4) is 0 Å². The van der Waals surface area contributed by atoms with Crippen LogP contribution >= 0.6 is 0 Å². The second-order valence-corrected chi connectivity index (χ2v) is 8.58. The van der Waals surface area contributed by atoms with Gasteiger partial charge in [-0.15, -0.1) is 0 Å². The third-order valence-corrected chi connectivity index (χ3v) is 6.35. The van der Waals surface area contributed by atoms with Crippen LogP contribution in [0.5, 0.6) is 0 Å². The first-order valence-corrected chi connectivity index (χ1v) is 9.92. The van der Waals surface area contributed by atoms with E-state index in [1.54, 1.807) is 30.3 Å². The van der Waals surface area contributed by atoms with Crippen LogP contribution in [0.1, 0.15) is 38.5 Å². The van der Waals surface area contributed by atoms with E-state index in [1.807, 2.05) is 0 Å². The van der Waals surface area contributed by atoms with Crippen molar-refractivity contribution in [2.75, 3.05) is 12.4 Å². The second-order valence-electron chi connectivity index (χ2n) is 6.47. The molecule has 1 N–H and O–H groups in total. The Morgan fingerprint density at radius 3 is 2.70 bits per heavy atom. The fraction of sp³-hybridized carbons (Fsp3) is 0.647. The summed E-state index contributed by atoms with van der Waals surface area (Å²) in [6, 6.07) is 8.45. The number of hydrogen-bond acceptors (Lipinski definition) is 5. The summed E-state index contributed by atoms with van der Waals surface area (Å²) in [5.41, 5.74) is 0. The van der Waals surface area contributed by atoms with Crippen LogP contribution in [-0.4, -0.2) is 43.9 Å². The predicted molar refractivity (Wildman–Crippen MR) is 85.8 cm³/mol. The van der Waals surface area contributed by atoms with Gasteiger partial charge < -0.3 is 14.6 Å². The van der Waals surface area contributed by atoms with Crippen LogP contribution in [0.4, 0.5) is 0 Å². The van der Waals surface area contributed by atoms with Gasteiger partial charge in [0.25, 0.3) is 0 Å². The summed E-state index contributed by atoms with van der Waals surface area (Å²) < 4.78 is 36.6. The number of aliphatic hydroxyl groups excluding tert-OH is 1. The summed E-state index contributed by atoms with van der Waals surface area (Å²) in [6.07, 6.45) is 3.34. The van der Waals surface area contributed by atoms with Crippen molar-refractivity contribution in [3.63, 3.8) is 0 Å². The molecule has 2 heterocycles. The average molecular weight is 340 g/mol. The van der Waals surface area contributed by atoms with Crippen LogP contribution < -0.4 is 0 Å². The summed E-state index contributed by atoms with van der Waals surface area (Å²) in [7, 11) is -3.32. The molecule has 2 saturated heterocycles. The molecule has 3 atom stereocenters. The lowest BCUT2D eigenvalue weighted by atomic mass is 9.92. The Hall–Kier alpha value is -0.950. The quantitative estimate of drug-likeness (QED) is 0.910. The van der Waals surface area contributed by atoms with Crippen LogP contribution in [-0.2, 0) is 19.3 Å². The highest BCUT2D eigenvalue weighted by Gasteiger charge is 2.43. The maximum Gasteiger partial charge on any atom is 0.178 e. The van der Waals surface area contributed by atoms with E-state index < -0.39 is 21.7 Å². The molecule has 1 spiro atoms. The van der Waals surface area contributed by atoms with Gasteiger partial charge in [-0.25, -0.2) is 8.42 Å². The van der Waals surface area contributed by atoms with Crippen molar-refractivity contribution < 1.29 is 23.0 Å². The first-order chi connectivity index (χ1) is 11.0. The Labute approximate surface area is 137 Å². The van der Waals surface area contributed by atoms with Gasteiger partial charge in [0, 0.05) is 12.8 Å². The zero-order chi connectivity index (χ0) is 16.3. The molecular formula is C17H24O5S. The number of aliphatic hydroxyl groups is 1. The summed E-state index contributed by atoms with van der Waals surface area (Å²) >= 11 is 0. The molecule has 0 saturated carbocycles. The maximum absolute atomic E-state index is 12.4. The minimum Gasteiger partial charge on any atom is -0.393 e. The molecule has 0 aliphatic carbocycles. The fourth-order valence-electron chi connectivity index (χ4n) is 3.44. The van der Waals surface area contributed by atoms with Gasteiger partial charge in [0.05, 0.1) is 29.5 Å². The van der Waals surface area contributed by atoms with Gasteiger partial charge >= 0.3 is 0 Å². The molecule has 1 aromatic rings. The first kappa shape index (κ1) is 16.9. The smallest absolute Gasteiger partial charge is 0.178 e. The van der Waals surface area contributed by atoms with E-state index in [2.05, 4.69) is 0 Å². The van der Waals surface area contributed by atoms with Gasteiger partial charge in [0.1, 0.15) is 0 Å². The number of hydrogen-bond donors (Lipinski definition) is 1. The number of sulfone groups is 1. The number of rotatable bonds is 4. The van der Waals surface area contributed by atoms with Crippen LogP contribution in [0, 0.1) is 0 Å². The molecule has 2 fully saturated rings. The van der Waals surface area contributed by atoms with E-state index in [1.165, 1.54) is 0 Å². The Kier molecular flexibility index (Phi) is 5.06. The van der Waals surface area contributed by atoms with Crippen LogP contribution in [0.3, 0.4) is 0 Å². The molecule has 0 amide bonds. The monoisotopic (exact) mass is 340 g/mol. The molecule has 3 rings (SSSR count). The molecule has 5 nitrogen and oxygen atoms in total. The number of ether oxygens (including phenoxy) is 2. The zero-order valence-corrected chi connectivity index (χ0v) is 14.0. The molecule has 0 aromatic heterocycles. The molecule has 0 unspecified atom stereocenters. The standard InChI is InChI=1S/C17H24O5S/c18-14-12-15(22-17(13-14)9-4-5-10-21-17)8-11-23(19,20)16-6-2-1-3-7-16/h1-3,6-7,14-15,18H,4-5,8-13H2/t14-,15+,17-/m0/s1. The van der Waals surface area contributed by atoms with E-state index in [-0.39, 0.29) is 11.9 Å². The highest BCUT2D eigenvalue weighted by molar-refractivity contribution is 7.91. The normalized spacial score (nSPS) is 32.0. The largest absolute Gasteiger partial charge is 0.393 e. The van der Waals surface area contributed by atoms with Gasteiger partial charge in [0.15, 0.2) is 15.6 Å². The van der Waals surface area contributed by atoms with Crippen molar-refractivity contribution in [1.82, 2.24) is 0 Å². The third kappa shape index (κ3) is 4.12. The van der Waals surface area contributed by atoms with Crippen molar-refractivity contribution in [2.45, 2.75) is 61.4 Å². The third-order valence-electron chi connectivity index (χ3n) is 4.59. The lowest BCUT2D eigenvalue weighted by Crippen LogP contribution is -2.50. The molecule has 128 valence electrons. The highest BCUT2D eigenvalue weighted by Crippen LogP contribution is 2.38. The summed E-state index contributed by atoms with van der Waals surface area (Å²) in [6.45, 7) is 0.641. The Morgan fingerprint density at radius 1 is 1.22 bits per heavy atom. The van der Waals surface area contributed by atoms with Gasteiger partial charge in [-0.2, -0.15) is 0 Å². The molecule has 23 heavy (non-hydrogen) atoms. The van der Waals surface area contributed by atoms with Crippen LogP contribution in [0.15, 0.2) is 35.2 Å². The maximum atomic E-state index is 12.4. The van der Waals surface area contributed by atoms with E-state index in [0.717, 1.165) is 19.3 Å². The molecule has 0 radical (unpaired) electrons. The Bertz CT molecular complexity index is 607. The molecule has 2 aliphatic heterocycles. The minimum absolute atomic E-state index is 0.0183. The SMILES string of the molecule is O=S(=O)(CC[C@@H]1C[C@H](O)C[C@]2(CCCCO2)O1)c1ccccc1. The summed E-state index contributed by atoms with van der Waals surface area (Å²) in [5, 5.41) is 10.1. The average Bonchev–Trinajstić information content (AvgIpc) is 2.54. The predicted octanol–water partition coefficient (Wildman–Crippen LogP) is 2.29.